The van der Waals surface area contributed by atoms with Crippen LogP contribution in [0.2, 0.25) is 0 Å². The minimum atomic E-state index is -0.207. The number of aromatic amines is 3. The number of H-pyrrole nitrogens is 3. The van der Waals surface area contributed by atoms with Crippen molar-refractivity contribution in [3.8, 4) is 91.9 Å². The Hall–Kier alpha value is -11.7. The Balaban J connectivity index is 0.000000138. The van der Waals surface area contributed by atoms with E-state index < -0.39 is 0 Å². The second-order valence-electron chi connectivity index (χ2n) is 25.8. The summed E-state index contributed by atoms with van der Waals surface area (Å²) in [7, 11) is 0. The van der Waals surface area contributed by atoms with Crippen molar-refractivity contribution in [1.82, 2.24) is 20.3 Å². The molecule has 7 heterocycles. The SMILES string of the molecule is CC(C)NC(=O)c1cc2c(-c3ccc(OC4CCOCC4)c(C#N)c3)cccc2[nH]1.N#Cc1cc(-c2cc3c(-c4ccc(OC5CCOCC5)c(C#N)c4)cccc3[nH]2)ccc1OC1CCOCC1.N#Cc1cc(-c2cccc3[nH]c(C(=O)Nc4ccccc4)cc23)ccc1OC1CCOCC1. The normalized spacial score (nSPS) is 15.1. The number of carbonyl (C=O) groups is 2. The van der Waals surface area contributed by atoms with Crippen LogP contribution in [-0.4, -0.2) is 110 Å². The summed E-state index contributed by atoms with van der Waals surface area (Å²) in [6, 6.07) is 65.1. The number of nitriles is 4. The van der Waals surface area contributed by atoms with E-state index in [2.05, 4.69) is 62.0 Å². The number of benzene rings is 8. The van der Waals surface area contributed by atoms with Gasteiger partial charge in [-0.15, -0.1) is 0 Å². The minimum absolute atomic E-state index is 0.0600. The number of carbonyl (C=O) groups excluding carboxylic acids is 2. The molecule has 15 rings (SSSR count). The standard InChI is InChI=1S/C32H29N3O4.C27H23N3O3.C24H25N3O3/c33-19-23-16-21(4-6-31(23)38-25-8-12-36-13-9-25)27-2-1-3-29-28(27)18-30(35-29)22-5-7-32(24(17-22)20-34)39-26-10-14-37-15-11-26;28-17-19-15-18(9-10-26(19)33-21-11-13-32-14-12-21)22-7-4-8-24-23(22)16-25(30-24)27(31)29-20-5-2-1-3-6-20;1-15(2)26-24(28)22-13-20-19(4-3-5-21(20)27-22)16-6-7-23(17(12-16)14-25)30-18-8-10-29-11-9-18/h1-7,16-18,25-26,35H,8-15H2;1-10,15-16,21,30H,11-14H2,(H,29,31);3-7,12-13,15,18,27H,8-11H2,1-2H3,(H,26,28). The zero-order valence-electron chi connectivity index (χ0n) is 56.8. The van der Waals surface area contributed by atoms with E-state index in [9.17, 15) is 30.6 Å². The topological polar surface area (TPSA) is 275 Å². The van der Waals surface area contributed by atoms with Gasteiger partial charge in [0, 0.05) is 101 Å². The Labute approximate surface area is 591 Å². The maximum absolute atomic E-state index is 12.8. The monoisotopic (exact) mass is 1360 g/mol. The van der Waals surface area contributed by atoms with E-state index in [1.54, 1.807) is 0 Å². The van der Waals surface area contributed by atoms with Crippen molar-refractivity contribution < 1.29 is 47.5 Å². The van der Waals surface area contributed by atoms with E-state index in [0.29, 0.717) is 109 Å². The number of para-hydroxylation sites is 1. The smallest absolute Gasteiger partial charge is 0.272 e. The van der Waals surface area contributed by atoms with Gasteiger partial charge >= 0.3 is 0 Å². The first-order chi connectivity index (χ1) is 50.0. The lowest BCUT2D eigenvalue weighted by Gasteiger charge is -2.24. The molecule has 0 aliphatic carbocycles. The molecule has 0 atom stereocenters. The van der Waals surface area contributed by atoms with Crippen LogP contribution in [0.15, 0.2) is 176 Å². The van der Waals surface area contributed by atoms with Crippen LogP contribution in [0.4, 0.5) is 5.69 Å². The molecule has 0 radical (unpaired) electrons. The highest BCUT2D eigenvalue weighted by Crippen LogP contribution is 2.39. The number of rotatable bonds is 16. The summed E-state index contributed by atoms with van der Waals surface area (Å²) in [6.07, 6.45) is 6.89. The average Bonchev–Trinajstić information content (AvgIpc) is 1.64. The fourth-order valence-corrected chi connectivity index (χ4v) is 13.1. The lowest BCUT2D eigenvalue weighted by atomic mass is 9.99. The van der Waals surface area contributed by atoms with Crippen molar-refractivity contribution >= 4 is 50.2 Å². The molecule has 0 saturated carbocycles. The van der Waals surface area contributed by atoms with Gasteiger partial charge in [0.25, 0.3) is 11.8 Å². The summed E-state index contributed by atoms with van der Waals surface area (Å²) in [5, 5.41) is 47.8. The molecule has 4 fully saturated rings. The molecule has 0 spiro atoms. The molecule has 0 bridgehead atoms. The van der Waals surface area contributed by atoms with Gasteiger partial charge in [-0.2, -0.15) is 21.0 Å². The number of anilines is 1. The molecular weight excluding hydrogens is 1280 g/mol. The third-order valence-corrected chi connectivity index (χ3v) is 18.4. The molecule has 19 nitrogen and oxygen atoms in total. The second kappa shape index (κ2) is 32.5. The van der Waals surface area contributed by atoms with E-state index in [-0.39, 0.29) is 42.3 Å². The lowest BCUT2D eigenvalue weighted by Crippen LogP contribution is -2.30. The third-order valence-electron chi connectivity index (χ3n) is 18.4. The van der Waals surface area contributed by atoms with Gasteiger partial charge in [0.1, 0.15) is 83.1 Å². The van der Waals surface area contributed by atoms with Gasteiger partial charge in [0.15, 0.2) is 0 Å². The summed E-state index contributed by atoms with van der Waals surface area (Å²) in [4.78, 5) is 35.0. The number of hydrogen-bond acceptors (Lipinski definition) is 14. The first kappa shape index (κ1) is 68.8. The Morgan fingerprint density at radius 1 is 0.392 bits per heavy atom. The average molecular weight is 1360 g/mol. The van der Waals surface area contributed by atoms with E-state index in [0.717, 1.165) is 134 Å². The lowest BCUT2D eigenvalue weighted by molar-refractivity contribution is 0.0252. The zero-order valence-corrected chi connectivity index (χ0v) is 56.8. The fraction of sp³-hybridized carbons (Fsp3) is 0.277. The van der Waals surface area contributed by atoms with Gasteiger partial charge in [-0.1, -0.05) is 72.8 Å². The molecule has 11 aromatic rings. The van der Waals surface area contributed by atoms with E-state index >= 15 is 0 Å². The van der Waals surface area contributed by atoms with Gasteiger partial charge in [-0.3, -0.25) is 9.59 Å². The molecule has 2 amide bonds. The molecular formula is C83H77N9O10. The third kappa shape index (κ3) is 16.5. The number of fused-ring (bicyclic) bond motifs is 3. The van der Waals surface area contributed by atoms with E-state index in [1.807, 2.05) is 178 Å². The first-order valence-electron chi connectivity index (χ1n) is 34.7. The van der Waals surface area contributed by atoms with Gasteiger partial charge in [-0.05, 0) is 156 Å². The maximum atomic E-state index is 12.8. The highest BCUT2D eigenvalue weighted by Gasteiger charge is 2.24. The largest absolute Gasteiger partial charge is 0.489 e. The van der Waals surface area contributed by atoms with Crippen molar-refractivity contribution in [2.45, 2.75) is 95.7 Å². The van der Waals surface area contributed by atoms with Crippen LogP contribution < -0.4 is 29.6 Å². The van der Waals surface area contributed by atoms with Crippen LogP contribution in [-0.2, 0) is 18.9 Å². The van der Waals surface area contributed by atoms with Gasteiger partial charge < -0.3 is 63.5 Å². The first-order valence-corrected chi connectivity index (χ1v) is 34.7. The van der Waals surface area contributed by atoms with Gasteiger partial charge in [-0.25, -0.2) is 0 Å². The quantitative estimate of drug-likeness (QED) is 0.0602. The minimum Gasteiger partial charge on any atom is -0.489 e. The molecule has 4 aliphatic heterocycles. The Bertz CT molecular complexity index is 4990. The summed E-state index contributed by atoms with van der Waals surface area (Å²) in [5.41, 5.74) is 13.9. The summed E-state index contributed by atoms with van der Waals surface area (Å²) in [6.45, 7) is 9.33. The van der Waals surface area contributed by atoms with Crippen LogP contribution in [0.25, 0.3) is 77.3 Å². The molecule has 4 saturated heterocycles. The highest BCUT2D eigenvalue weighted by atomic mass is 16.5. The molecule has 4 aliphatic rings. The van der Waals surface area contributed by atoms with Crippen molar-refractivity contribution in [2.75, 3.05) is 58.2 Å². The Kier molecular flexibility index (Phi) is 22.0. The maximum Gasteiger partial charge on any atom is 0.272 e. The highest BCUT2D eigenvalue weighted by molar-refractivity contribution is 6.08. The number of aromatic nitrogens is 3. The fourth-order valence-electron chi connectivity index (χ4n) is 13.1. The van der Waals surface area contributed by atoms with Crippen LogP contribution in [0.5, 0.6) is 23.0 Å². The molecule has 102 heavy (non-hydrogen) atoms. The van der Waals surface area contributed by atoms with Crippen LogP contribution >= 0.6 is 0 Å². The molecule has 514 valence electrons. The van der Waals surface area contributed by atoms with E-state index in [4.69, 9.17) is 37.9 Å². The van der Waals surface area contributed by atoms with Crippen LogP contribution in [0.1, 0.15) is 108 Å². The van der Waals surface area contributed by atoms with E-state index in [1.165, 1.54) is 0 Å². The number of ether oxygens (including phenoxy) is 8. The molecule has 8 aromatic carbocycles. The number of nitrogens with zero attached hydrogens (tertiary/aromatic N) is 4. The van der Waals surface area contributed by atoms with Crippen LogP contribution in [0.3, 0.4) is 0 Å². The molecule has 19 heteroatoms. The zero-order chi connectivity index (χ0) is 70.3. The number of nitrogens with one attached hydrogen (secondary N) is 5. The number of amides is 2. The molecule has 0 unspecified atom stereocenters. The van der Waals surface area contributed by atoms with Crippen molar-refractivity contribution in [3.63, 3.8) is 0 Å². The number of hydrogen-bond donors (Lipinski definition) is 5. The molecule has 5 N–H and O–H groups in total. The van der Waals surface area contributed by atoms with Crippen molar-refractivity contribution in [1.29, 1.82) is 21.0 Å². The second-order valence-corrected chi connectivity index (χ2v) is 25.8. The van der Waals surface area contributed by atoms with Crippen LogP contribution in [0, 0.1) is 45.3 Å². The Morgan fingerprint density at radius 2 is 0.725 bits per heavy atom. The summed E-state index contributed by atoms with van der Waals surface area (Å²) in [5.74, 6) is 2.08. The van der Waals surface area contributed by atoms with Gasteiger partial charge in [0.05, 0.1) is 75.1 Å². The Morgan fingerprint density at radius 3 is 1.09 bits per heavy atom. The molecule has 3 aromatic heterocycles. The summed E-state index contributed by atoms with van der Waals surface area (Å²) >= 11 is 0. The van der Waals surface area contributed by atoms with Crippen molar-refractivity contribution in [2.24, 2.45) is 0 Å². The predicted molar refractivity (Wildman–Crippen MR) is 390 cm³/mol. The van der Waals surface area contributed by atoms with Gasteiger partial charge in [0.2, 0.25) is 0 Å². The summed E-state index contributed by atoms with van der Waals surface area (Å²) < 4.78 is 46.0. The predicted octanol–water partition coefficient (Wildman–Crippen LogP) is 16.3. The van der Waals surface area contributed by atoms with Crippen molar-refractivity contribution in [3.05, 3.63) is 210 Å².